The predicted molar refractivity (Wildman–Crippen MR) is 141 cm³/mol. The first-order chi connectivity index (χ1) is 17.4. The first-order valence-electron chi connectivity index (χ1n) is 11.6. The molecular weight excluding hydrogens is 476 g/mol. The minimum absolute atomic E-state index is 0.00892. The van der Waals surface area contributed by atoms with Crippen LogP contribution >= 0.6 is 11.3 Å². The molecule has 0 aliphatic carbocycles. The highest BCUT2D eigenvalue weighted by atomic mass is 32.1. The van der Waals surface area contributed by atoms with Crippen LogP contribution in [0.3, 0.4) is 0 Å². The topological polar surface area (TPSA) is 70.1 Å². The number of thiophene rings is 1. The van der Waals surface area contributed by atoms with Crippen molar-refractivity contribution in [3.05, 3.63) is 63.3 Å². The van der Waals surface area contributed by atoms with Crippen LogP contribution in [0.1, 0.15) is 25.7 Å². The molecule has 0 saturated heterocycles. The van der Waals surface area contributed by atoms with Gasteiger partial charge < -0.3 is 23.8 Å². The summed E-state index contributed by atoms with van der Waals surface area (Å²) in [6, 6.07) is 13.7. The fourth-order valence-electron chi connectivity index (χ4n) is 4.53. The number of ether oxygens (including phenoxy) is 4. The largest absolute Gasteiger partial charge is 0.493 e. The molecule has 0 radical (unpaired) electrons. The zero-order valence-corrected chi connectivity index (χ0v) is 21.8. The first-order valence-corrected chi connectivity index (χ1v) is 12.5. The van der Waals surface area contributed by atoms with E-state index in [0.29, 0.717) is 42.7 Å². The van der Waals surface area contributed by atoms with Crippen molar-refractivity contribution < 1.29 is 23.7 Å². The average molecular weight is 505 g/mol. The number of carbonyl (C=O) groups is 1. The molecule has 0 fully saturated rings. The second-order valence-electron chi connectivity index (χ2n) is 8.70. The van der Waals surface area contributed by atoms with Crippen molar-refractivity contribution in [2.45, 2.75) is 20.4 Å². The normalized spacial score (nSPS) is 13.1. The molecule has 0 N–H and O–H groups in total. The van der Waals surface area contributed by atoms with Gasteiger partial charge >= 0.3 is 0 Å². The Morgan fingerprint density at radius 2 is 1.72 bits per heavy atom. The van der Waals surface area contributed by atoms with E-state index in [4.69, 9.17) is 23.9 Å². The van der Waals surface area contributed by atoms with Gasteiger partial charge in [0.15, 0.2) is 23.0 Å². The van der Waals surface area contributed by atoms with E-state index < -0.39 is 0 Å². The molecule has 1 aliphatic rings. The summed E-state index contributed by atoms with van der Waals surface area (Å²) in [5, 5.41) is 0.990. The zero-order valence-electron chi connectivity index (χ0n) is 21.0. The molecule has 2 aromatic heterocycles. The Morgan fingerprint density at radius 3 is 2.42 bits per heavy atom. The van der Waals surface area contributed by atoms with Gasteiger partial charge in [-0.3, -0.25) is 4.79 Å². The molecule has 2 aromatic carbocycles. The molecule has 186 valence electrons. The Kier molecular flexibility index (Phi) is 6.45. The average Bonchev–Trinajstić information content (AvgIpc) is 3.21. The van der Waals surface area contributed by atoms with E-state index in [9.17, 15) is 4.79 Å². The van der Waals surface area contributed by atoms with Crippen LogP contribution in [0.4, 0.5) is 0 Å². The molecule has 0 bridgehead atoms. The molecule has 0 unspecified atom stereocenters. The number of carbonyl (C=O) groups excluding carboxylic acids is 1. The van der Waals surface area contributed by atoms with E-state index in [-0.39, 0.29) is 5.91 Å². The van der Waals surface area contributed by atoms with Gasteiger partial charge in [-0.05, 0) is 55.8 Å². The molecule has 0 atom stereocenters. The summed E-state index contributed by atoms with van der Waals surface area (Å²) >= 11 is 1.51. The van der Waals surface area contributed by atoms with E-state index in [2.05, 4.69) is 0 Å². The molecule has 0 saturated carbocycles. The van der Waals surface area contributed by atoms with Gasteiger partial charge in [0.2, 0.25) is 0 Å². The minimum atomic E-state index is 0.00892. The fraction of sp³-hybridized carbons (Fsp3) is 0.286. The smallest absolute Gasteiger partial charge is 0.264 e. The molecular formula is C28H28N2O5S. The van der Waals surface area contributed by atoms with Crippen molar-refractivity contribution in [2.24, 2.45) is 0 Å². The van der Waals surface area contributed by atoms with Crippen LogP contribution in [0.5, 0.6) is 23.0 Å². The number of methoxy groups -OCH3 is 3. The zero-order chi connectivity index (χ0) is 25.4. The molecule has 8 heteroatoms. The van der Waals surface area contributed by atoms with Crippen molar-refractivity contribution in [1.29, 1.82) is 0 Å². The molecule has 7 nitrogen and oxygen atoms in total. The number of hydrogen-bond donors (Lipinski definition) is 0. The van der Waals surface area contributed by atoms with E-state index in [0.717, 1.165) is 43.0 Å². The molecule has 1 aliphatic heterocycles. The van der Waals surface area contributed by atoms with Gasteiger partial charge in [-0.2, -0.15) is 0 Å². The number of benzene rings is 2. The maximum absolute atomic E-state index is 13.2. The molecule has 1 amide bonds. The Balaban J connectivity index is 1.58. The number of hydrogen-bond acceptors (Lipinski definition) is 7. The third-order valence-electron chi connectivity index (χ3n) is 6.38. The fourth-order valence-corrected chi connectivity index (χ4v) is 5.37. The maximum Gasteiger partial charge on any atom is 0.264 e. The maximum atomic E-state index is 13.2. The number of nitrogens with zero attached hydrogens (tertiary/aromatic N) is 2. The van der Waals surface area contributed by atoms with Crippen LogP contribution in [0, 0.1) is 13.8 Å². The Labute approximate surface area is 214 Å². The monoisotopic (exact) mass is 504 g/mol. The van der Waals surface area contributed by atoms with Crippen molar-refractivity contribution in [1.82, 2.24) is 9.88 Å². The van der Waals surface area contributed by atoms with Gasteiger partial charge in [-0.15, -0.1) is 11.3 Å². The lowest BCUT2D eigenvalue weighted by atomic mass is 10.0. The van der Waals surface area contributed by atoms with Gasteiger partial charge in [-0.1, -0.05) is 0 Å². The van der Waals surface area contributed by atoms with Crippen LogP contribution in [0.25, 0.3) is 22.2 Å². The number of pyridine rings is 1. The molecule has 3 heterocycles. The van der Waals surface area contributed by atoms with Crippen LogP contribution < -0.4 is 18.9 Å². The van der Waals surface area contributed by atoms with E-state index in [1.165, 1.54) is 11.3 Å². The van der Waals surface area contributed by atoms with Gasteiger partial charge in [0.05, 0.1) is 44.0 Å². The van der Waals surface area contributed by atoms with Crippen LogP contribution in [0.15, 0.2) is 42.5 Å². The van der Waals surface area contributed by atoms with Crippen molar-refractivity contribution in [2.75, 3.05) is 34.5 Å². The van der Waals surface area contributed by atoms with Gasteiger partial charge in [0.1, 0.15) is 6.61 Å². The lowest BCUT2D eigenvalue weighted by Crippen LogP contribution is -2.31. The Hall–Kier alpha value is -3.78. The standard InChI is InChI=1S/C28H28N2O5S/c1-16-10-21(29-22-14-24(33-4)23(32-3)13-20(16)22)18-11-19-15-30(28(31)26-7-6-17(2)36-26)8-9-35-27(19)25(12-18)34-5/h6-7,10-14H,8-9,15H2,1-5H3. The lowest BCUT2D eigenvalue weighted by Gasteiger charge is -2.19. The number of aromatic nitrogens is 1. The molecule has 5 rings (SSSR count). The third-order valence-corrected chi connectivity index (χ3v) is 7.36. The Morgan fingerprint density at radius 1 is 0.972 bits per heavy atom. The van der Waals surface area contributed by atoms with E-state index >= 15 is 0 Å². The number of aryl methyl sites for hydroxylation is 2. The Bertz CT molecular complexity index is 1460. The predicted octanol–water partition coefficient (Wildman–Crippen LogP) is 5.64. The van der Waals surface area contributed by atoms with Crippen LogP contribution in [0.2, 0.25) is 0 Å². The quantitative estimate of drug-likeness (QED) is 0.350. The minimum Gasteiger partial charge on any atom is -0.493 e. The van der Waals surface area contributed by atoms with Crippen LogP contribution in [-0.4, -0.2) is 50.3 Å². The summed E-state index contributed by atoms with van der Waals surface area (Å²) in [6.07, 6.45) is 0. The molecule has 4 aromatic rings. The second kappa shape index (κ2) is 9.70. The van der Waals surface area contributed by atoms with Crippen molar-refractivity contribution in [3.8, 4) is 34.3 Å². The highest BCUT2D eigenvalue weighted by molar-refractivity contribution is 7.13. The summed E-state index contributed by atoms with van der Waals surface area (Å²) in [5.74, 6) is 2.59. The van der Waals surface area contributed by atoms with Crippen molar-refractivity contribution in [3.63, 3.8) is 0 Å². The van der Waals surface area contributed by atoms with E-state index in [1.54, 1.807) is 21.3 Å². The third kappa shape index (κ3) is 4.33. The number of rotatable bonds is 5. The lowest BCUT2D eigenvalue weighted by molar-refractivity contribution is 0.0738. The van der Waals surface area contributed by atoms with Gasteiger partial charge in [0, 0.05) is 34.0 Å². The number of fused-ring (bicyclic) bond motifs is 2. The van der Waals surface area contributed by atoms with Gasteiger partial charge in [-0.25, -0.2) is 4.98 Å². The summed E-state index contributed by atoms with van der Waals surface area (Å²) in [5.41, 5.74) is 4.43. The molecule has 0 spiro atoms. The van der Waals surface area contributed by atoms with Crippen LogP contribution in [-0.2, 0) is 6.54 Å². The number of amides is 1. The first kappa shape index (κ1) is 23.9. The van der Waals surface area contributed by atoms with E-state index in [1.807, 2.05) is 61.2 Å². The highest BCUT2D eigenvalue weighted by Gasteiger charge is 2.25. The molecule has 36 heavy (non-hydrogen) atoms. The summed E-state index contributed by atoms with van der Waals surface area (Å²) in [4.78, 5) is 21.8. The summed E-state index contributed by atoms with van der Waals surface area (Å²) in [6.45, 7) is 5.37. The highest BCUT2D eigenvalue weighted by Crippen LogP contribution is 2.40. The summed E-state index contributed by atoms with van der Waals surface area (Å²) in [7, 11) is 4.86. The van der Waals surface area contributed by atoms with Gasteiger partial charge in [0.25, 0.3) is 5.91 Å². The summed E-state index contributed by atoms with van der Waals surface area (Å²) < 4.78 is 22.7. The van der Waals surface area contributed by atoms with Crippen molar-refractivity contribution >= 4 is 28.1 Å². The SMILES string of the molecule is COc1cc2nc(-c3cc4c(c(OC)c3)OCCN(C(=O)c3ccc(C)s3)C4)cc(C)c2cc1OC. The second-order valence-corrected chi connectivity index (χ2v) is 9.99.